The van der Waals surface area contributed by atoms with Crippen LogP contribution in [0.5, 0.6) is 0 Å². The number of amides is 1. The van der Waals surface area contributed by atoms with Gasteiger partial charge in [0.05, 0.1) is 18.6 Å². The number of halogens is 1. The Bertz CT molecular complexity index is 505. The largest absolute Gasteiger partial charge is 0.466 e. The minimum atomic E-state index is -0.535. The first kappa shape index (κ1) is 19.1. The standard InChI is InChI=1S/C18H26FNO3/c1-3-5-6-9-13-20(14-12-17(21)23-4-2)18(22)15-10-7-8-11-16(15)19/h7-8,10-11H,3-6,9,12-14H2,1-2H3. The third-order valence-electron chi connectivity index (χ3n) is 3.56. The van der Waals surface area contributed by atoms with Gasteiger partial charge in [0, 0.05) is 13.1 Å². The highest BCUT2D eigenvalue weighted by Gasteiger charge is 2.19. The van der Waals surface area contributed by atoms with Crippen LogP contribution in [0, 0.1) is 5.82 Å². The molecule has 0 atom stereocenters. The van der Waals surface area contributed by atoms with E-state index in [-0.39, 0.29) is 30.4 Å². The predicted octanol–water partition coefficient (Wildman–Crippen LogP) is 3.80. The summed E-state index contributed by atoms with van der Waals surface area (Å²) < 4.78 is 18.7. The second-order valence-corrected chi connectivity index (χ2v) is 5.39. The van der Waals surface area contributed by atoms with Gasteiger partial charge in [-0.2, -0.15) is 0 Å². The number of nitrogens with zero attached hydrogens (tertiary/aromatic N) is 1. The molecule has 5 heteroatoms. The molecule has 0 heterocycles. The van der Waals surface area contributed by atoms with Gasteiger partial charge in [-0.3, -0.25) is 9.59 Å². The summed E-state index contributed by atoms with van der Waals surface area (Å²) in [6.45, 7) is 4.94. The van der Waals surface area contributed by atoms with Gasteiger partial charge in [-0.05, 0) is 25.5 Å². The molecule has 1 rings (SSSR count). The van der Waals surface area contributed by atoms with Crippen LogP contribution in [0.4, 0.5) is 4.39 Å². The molecule has 0 aliphatic carbocycles. The highest BCUT2D eigenvalue weighted by molar-refractivity contribution is 5.94. The van der Waals surface area contributed by atoms with Crippen molar-refractivity contribution in [1.82, 2.24) is 4.90 Å². The lowest BCUT2D eigenvalue weighted by Crippen LogP contribution is -2.34. The maximum Gasteiger partial charge on any atom is 0.307 e. The Hall–Kier alpha value is -1.91. The van der Waals surface area contributed by atoms with Gasteiger partial charge in [-0.25, -0.2) is 4.39 Å². The van der Waals surface area contributed by atoms with Crippen molar-refractivity contribution in [2.75, 3.05) is 19.7 Å². The minimum Gasteiger partial charge on any atom is -0.466 e. The zero-order chi connectivity index (χ0) is 17.1. The average Bonchev–Trinajstić information content (AvgIpc) is 2.54. The molecule has 0 fully saturated rings. The second kappa shape index (κ2) is 10.8. The van der Waals surface area contributed by atoms with Crippen molar-refractivity contribution in [1.29, 1.82) is 0 Å². The molecule has 0 saturated carbocycles. The Balaban J connectivity index is 2.70. The number of benzene rings is 1. The number of esters is 1. The summed E-state index contributed by atoms with van der Waals surface area (Å²) in [6, 6.07) is 5.93. The lowest BCUT2D eigenvalue weighted by molar-refractivity contribution is -0.143. The van der Waals surface area contributed by atoms with Gasteiger partial charge in [0.15, 0.2) is 0 Å². The Kier molecular flexibility index (Phi) is 8.95. The van der Waals surface area contributed by atoms with E-state index < -0.39 is 5.82 Å². The number of carbonyl (C=O) groups excluding carboxylic acids is 2. The monoisotopic (exact) mass is 323 g/mol. The average molecular weight is 323 g/mol. The van der Waals surface area contributed by atoms with E-state index in [0.717, 1.165) is 25.7 Å². The fourth-order valence-corrected chi connectivity index (χ4v) is 2.31. The number of carbonyl (C=O) groups is 2. The Morgan fingerprint density at radius 2 is 1.83 bits per heavy atom. The predicted molar refractivity (Wildman–Crippen MR) is 87.7 cm³/mol. The van der Waals surface area contributed by atoms with Crippen LogP contribution in [0.3, 0.4) is 0 Å². The van der Waals surface area contributed by atoms with Gasteiger partial charge in [-0.15, -0.1) is 0 Å². The van der Waals surface area contributed by atoms with Gasteiger partial charge < -0.3 is 9.64 Å². The molecule has 23 heavy (non-hydrogen) atoms. The SMILES string of the molecule is CCCCCCN(CCC(=O)OCC)C(=O)c1ccccc1F. The van der Waals surface area contributed by atoms with E-state index in [1.807, 2.05) is 0 Å². The summed E-state index contributed by atoms with van der Waals surface area (Å²) in [5.41, 5.74) is 0.0480. The minimum absolute atomic E-state index is 0.0480. The summed E-state index contributed by atoms with van der Waals surface area (Å²) in [4.78, 5) is 25.6. The van der Waals surface area contributed by atoms with Gasteiger partial charge in [0.2, 0.25) is 0 Å². The molecule has 0 aliphatic heterocycles. The van der Waals surface area contributed by atoms with E-state index in [9.17, 15) is 14.0 Å². The summed E-state index contributed by atoms with van der Waals surface area (Å²) in [6.07, 6.45) is 4.18. The number of hydrogen-bond donors (Lipinski definition) is 0. The quantitative estimate of drug-likeness (QED) is 0.486. The van der Waals surface area contributed by atoms with Crippen LogP contribution in [0.1, 0.15) is 56.3 Å². The first-order chi connectivity index (χ1) is 11.1. The summed E-state index contributed by atoms with van der Waals surface area (Å²) in [7, 11) is 0. The van der Waals surface area contributed by atoms with Crippen molar-refractivity contribution in [2.24, 2.45) is 0 Å². The summed E-state index contributed by atoms with van der Waals surface area (Å²) in [5, 5.41) is 0. The maximum absolute atomic E-state index is 13.8. The van der Waals surface area contributed by atoms with E-state index in [0.29, 0.717) is 13.2 Å². The number of unbranched alkanes of at least 4 members (excludes halogenated alkanes) is 3. The molecule has 0 N–H and O–H groups in total. The zero-order valence-corrected chi connectivity index (χ0v) is 14.0. The molecule has 0 aliphatic rings. The van der Waals surface area contributed by atoms with E-state index in [2.05, 4.69) is 6.92 Å². The maximum atomic E-state index is 13.8. The molecule has 0 aromatic heterocycles. The zero-order valence-electron chi connectivity index (χ0n) is 14.0. The normalized spacial score (nSPS) is 10.4. The van der Waals surface area contributed by atoms with Crippen molar-refractivity contribution in [3.8, 4) is 0 Å². The molecule has 0 unspecified atom stereocenters. The first-order valence-corrected chi connectivity index (χ1v) is 8.29. The molecule has 0 bridgehead atoms. The van der Waals surface area contributed by atoms with Crippen LogP contribution in [0.2, 0.25) is 0 Å². The van der Waals surface area contributed by atoms with Crippen molar-refractivity contribution in [3.63, 3.8) is 0 Å². The molecule has 1 amide bonds. The van der Waals surface area contributed by atoms with Crippen molar-refractivity contribution < 1.29 is 18.7 Å². The smallest absolute Gasteiger partial charge is 0.307 e. The fourth-order valence-electron chi connectivity index (χ4n) is 2.31. The van der Waals surface area contributed by atoms with Crippen LogP contribution in [0.25, 0.3) is 0 Å². The molecule has 0 saturated heterocycles. The van der Waals surface area contributed by atoms with E-state index in [4.69, 9.17) is 4.74 Å². The first-order valence-electron chi connectivity index (χ1n) is 8.29. The van der Waals surface area contributed by atoms with Crippen molar-refractivity contribution >= 4 is 11.9 Å². The van der Waals surface area contributed by atoms with Gasteiger partial charge >= 0.3 is 5.97 Å². The number of ether oxygens (including phenoxy) is 1. The van der Waals surface area contributed by atoms with Crippen LogP contribution in [-0.4, -0.2) is 36.5 Å². The van der Waals surface area contributed by atoms with Gasteiger partial charge in [0.25, 0.3) is 5.91 Å². The van der Waals surface area contributed by atoms with Crippen LogP contribution < -0.4 is 0 Å². The van der Waals surface area contributed by atoms with E-state index in [1.54, 1.807) is 24.0 Å². The lowest BCUT2D eigenvalue weighted by atomic mass is 10.1. The van der Waals surface area contributed by atoms with Gasteiger partial charge in [0.1, 0.15) is 5.82 Å². The topological polar surface area (TPSA) is 46.6 Å². The Morgan fingerprint density at radius 1 is 1.09 bits per heavy atom. The Morgan fingerprint density at radius 3 is 2.48 bits per heavy atom. The van der Waals surface area contributed by atoms with Gasteiger partial charge in [-0.1, -0.05) is 38.3 Å². The van der Waals surface area contributed by atoms with Crippen LogP contribution in [-0.2, 0) is 9.53 Å². The number of hydrogen-bond acceptors (Lipinski definition) is 3. The molecular formula is C18H26FNO3. The molecule has 1 aromatic carbocycles. The van der Waals surface area contributed by atoms with E-state index >= 15 is 0 Å². The molecular weight excluding hydrogens is 297 g/mol. The van der Waals surface area contributed by atoms with Crippen LogP contribution >= 0.6 is 0 Å². The molecule has 128 valence electrons. The molecule has 0 spiro atoms. The Labute approximate surface area is 137 Å². The van der Waals surface area contributed by atoms with Crippen LogP contribution in [0.15, 0.2) is 24.3 Å². The third kappa shape index (κ3) is 6.80. The van der Waals surface area contributed by atoms with E-state index in [1.165, 1.54) is 12.1 Å². The van der Waals surface area contributed by atoms with Crippen molar-refractivity contribution in [2.45, 2.75) is 46.0 Å². The lowest BCUT2D eigenvalue weighted by Gasteiger charge is -2.22. The second-order valence-electron chi connectivity index (χ2n) is 5.39. The highest BCUT2D eigenvalue weighted by atomic mass is 19.1. The molecule has 0 radical (unpaired) electrons. The fraction of sp³-hybridized carbons (Fsp3) is 0.556. The molecule has 4 nitrogen and oxygen atoms in total. The van der Waals surface area contributed by atoms with Crippen molar-refractivity contribution in [3.05, 3.63) is 35.6 Å². The highest BCUT2D eigenvalue weighted by Crippen LogP contribution is 2.12. The number of rotatable bonds is 10. The molecule has 1 aromatic rings. The summed E-state index contributed by atoms with van der Waals surface area (Å²) >= 11 is 0. The summed E-state index contributed by atoms with van der Waals surface area (Å²) in [5.74, 6) is -1.25. The third-order valence-corrected chi connectivity index (χ3v) is 3.56.